The normalized spacial score (nSPS) is 25.1. The Morgan fingerprint density at radius 2 is 1.95 bits per heavy atom. The zero-order chi connectivity index (χ0) is 15.0. The van der Waals surface area contributed by atoms with Crippen LogP contribution in [-0.2, 0) is 0 Å². The molecule has 0 spiro atoms. The summed E-state index contributed by atoms with van der Waals surface area (Å²) < 4.78 is 44.3. The van der Waals surface area contributed by atoms with Crippen LogP contribution >= 0.6 is 0 Å². The van der Waals surface area contributed by atoms with E-state index in [-0.39, 0.29) is 18.8 Å². The van der Waals surface area contributed by atoms with Crippen molar-refractivity contribution in [2.24, 2.45) is 17.6 Å². The number of para-hydroxylation sites is 1. The standard InChI is InChI=1S/C16H18F3NO/c17-16(18,19)12-6-3-5-11(8-12)15(20)14-9-10-4-1-2-7-13(10)21-14/h1-2,4,7,9,11-12,15H,3,5-6,8,20H2. The summed E-state index contributed by atoms with van der Waals surface area (Å²) in [6.45, 7) is 0. The van der Waals surface area contributed by atoms with Crippen LogP contribution in [0.15, 0.2) is 34.7 Å². The van der Waals surface area contributed by atoms with Crippen molar-refractivity contribution in [3.05, 3.63) is 36.1 Å². The van der Waals surface area contributed by atoms with E-state index in [1.807, 2.05) is 30.3 Å². The predicted octanol–water partition coefficient (Wildman–Crippen LogP) is 4.80. The van der Waals surface area contributed by atoms with Gasteiger partial charge in [0.2, 0.25) is 0 Å². The monoisotopic (exact) mass is 297 g/mol. The highest BCUT2D eigenvalue weighted by atomic mass is 19.4. The molecule has 1 heterocycles. The molecule has 2 N–H and O–H groups in total. The van der Waals surface area contributed by atoms with Crippen LogP contribution in [0.25, 0.3) is 11.0 Å². The average molecular weight is 297 g/mol. The quantitative estimate of drug-likeness (QED) is 0.864. The van der Waals surface area contributed by atoms with Crippen molar-refractivity contribution in [1.29, 1.82) is 0 Å². The first kappa shape index (κ1) is 14.4. The molecular formula is C16H18F3NO. The molecular weight excluding hydrogens is 279 g/mol. The van der Waals surface area contributed by atoms with Gasteiger partial charge in [0.05, 0.1) is 12.0 Å². The SMILES string of the molecule is NC(c1cc2ccccc2o1)C1CCCC(C(F)(F)F)C1. The van der Waals surface area contributed by atoms with Crippen LogP contribution in [0.2, 0.25) is 0 Å². The maximum atomic E-state index is 12.9. The number of halogens is 3. The summed E-state index contributed by atoms with van der Waals surface area (Å²) in [6.07, 6.45) is -2.51. The summed E-state index contributed by atoms with van der Waals surface area (Å²) in [7, 11) is 0. The minimum Gasteiger partial charge on any atom is -0.459 e. The molecule has 3 atom stereocenters. The fourth-order valence-electron chi connectivity index (χ4n) is 3.25. The van der Waals surface area contributed by atoms with Crippen LogP contribution in [0.1, 0.15) is 37.5 Å². The molecule has 2 aromatic rings. The van der Waals surface area contributed by atoms with Gasteiger partial charge in [0.15, 0.2) is 0 Å². The van der Waals surface area contributed by atoms with Crippen LogP contribution in [0.3, 0.4) is 0 Å². The summed E-state index contributed by atoms with van der Waals surface area (Å²) in [4.78, 5) is 0. The van der Waals surface area contributed by atoms with E-state index in [0.29, 0.717) is 12.2 Å². The first-order chi connectivity index (χ1) is 9.95. The summed E-state index contributed by atoms with van der Waals surface area (Å²) in [5, 5.41) is 0.936. The molecule has 5 heteroatoms. The fraction of sp³-hybridized carbons (Fsp3) is 0.500. The van der Waals surface area contributed by atoms with E-state index in [1.54, 1.807) is 0 Å². The third-order valence-corrected chi connectivity index (χ3v) is 4.46. The highest BCUT2D eigenvalue weighted by Crippen LogP contribution is 2.43. The molecule has 1 aliphatic rings. The highest BCUT2D eigenvalue weighted by Gasteiger charge is 2.43. The van der Waals surface area contributed by atoms with E-state index in [1.165, 1.54) is 0 Å². The minimum atomic E-state index is -4.12. The van der Waals surface area contributed by atoms with Gasteiger partial charge in [0, 0.05) is 5.39 Å². The van der Waals surface area contributed by atoms with Crippen LogP contribution in [-0.4, -0.2) is 6.18 Å². The maximum Gasteiger partial charge on any atom is 0.391 e. The van der Waals surface area contributed by atoms with Crippen molar-refractivity contribution in [1.82, 2.24) is 0 Å². The zero-order valence-corrected chi connectivity index (χ0v) is 11.6. The molecule has 0 aliphatic heterocycles. The van der Waals surface area contributed by atoms with Crippen LogP contribution in [0, 0.1) is 11.8 Å². The number of benzene rings is 1. The largest absolute Gasteiger partial charge is 0.459 e. The predicted molar refractivity (Wildman–Crippen MR) is 74.6 cm³/mol. The summed E-state index contributed by atoms with van der Waals surface area (Å²) in [6, 6.07) is 8.88. The fourth-order valence-corrected chi connectivity index (χ4v) is 3.25. The van der Waals surface area contributed by atoms with Gasteiger partial charge in [-0.05, 0) is 37.3 Å². The number of fused-ring (bicyclic) bond motifs is 1. The second kappa shape index (κ2) is 5.37. The van der Waals surface area contributed by atoms with Gasteiger partial charge in [0.25, 0.3) is 0 Å². The van der Waals surface area contributed by atoms with Gasteiger partial charge in [-0.15, -0.1) is 0 Å². The number of hydrogen-bond donors (Lipinski definition) is 1. The molecule has 2 nitrogen and oxygen atoms in total. The Kier molecular flexibility index (Phi) is 3.69. The number of furan rings is 1. The molecule has 1 saturated carbocycles. The third-order valence-electron chi connectivity index (χ3n) is 4.46. The average Bonchev–Trinajstić information content (AvgIpc) is 2.89. The molecule has 1 aliphatic carbocycles. The van der Waals surface area contributed by atoms with E-state index in [2.05, 4.69) is 0 Å². The molecule has 0 radical (unpaired) electrons. The van der Waals surface area contributed by atoms with Crippen LogP contribution in [0.5, 0.6) is 0 Å². The van der Waals surface area contributed by atoms with Crippen molar-refractivity contribution in [2.75, 3.05) is 0 Å². The molecule has 0 bridgehead atoms. The van der Waals surface area contributed by atoms with Crippen molar-refractivity contribution >= 4 is 11.0 Å². The Morgan fingerprint density at radius 3 is 2.67 bits per heavy atom. The molecule has 21 heavy (non-hydrogen) atoms. The molecule has 3 rings (SSSR count). The van der Waals surface area contributed by atoms with Crippen molar-refractivity contribution in [3.63, 3.8) is 0 Å². The van der Waals surface area contributed by atoms with Gasteiger partial charge in [-0.25, -0.2) is 0 Å². The topological polar surface area (TPSA) is 39.2 Å². The lowest BCUT2D eigenvalue weighted by molar-refractivity contribution is -0.186. The molecule has 3 unspecified atom stereocenters. The van der Waals surface area contributed by atoms with E-state index >= 15 is 0 Å². The van der Waals surface area contributed by atoms with Crippen LogP contribution in [0.4, 0.5) is 13.2 Å². The first-order valence-corrected chi connectivity index (χ1v) is 7.26. The Morgan fingerprint density at radius 1 is 1.19 bits per heavy atom. The van der Waals surface area contributed by atoms with Crippen molar-refractivity contribution in [2.45, 2.75) is 37.9 Å². The number of alkyl halides is 3. The highest BCUT2D eigenvalue weighted by molar-refractivity contribution is 5.77. The Hall–Kier alpha value is -1.49. The van der Waals surface area contributed by atoms with E-state index in [4.69, 9.17) is 10.2 Å². The second-order valence-corrected chi connectivity index (χ2v) is 5.88. The second-order valence-electron chi connectivity index (χ2n) is 5.88. The Labute approximate surface area is 121 Å². The molecule has 1 aromatic heterocycles. The van der Waals surface area contributed by atoms with Gasteiger partial charge >= 0.3 is 6.18 Å². The van der Waals surface area contributed by atoms with Crippen molar-refractivity contribution < 1.29 is 17.6 Å². The molecule has 1 aromatic carbocycles. The minimum absolute atomic E-state index is 0.0989. The number of nitrogens with two attached hydrogens (primary N) is 1. The lowest BCUT2D eigenvalue weighted by Crippen LogP contribution is -2.33. The van der Waals surface area contributed by atoms with Gasteiger partial charge < -0.3 is 10.2 Å². The van der Waals surface area contributed by atoms with E-state index in [9.17, 15) is 13.2 Å². The van der Waals surface area contributed by atoms with E-state index in [0.717, 1.165) is 17.4 Å². The molecule has 1 fully saturated rings. The van der Waals surface area contributed by atoms with Gasteiger partial charge in [-0.1, -0.05) is 24.6 Å². The summed E-state index contributed by atoms with van der Waals surface area (Å²) in [5.41, 5.74) is 6.91. The number of hydrogen-bond acceptors (Lipinski definition) is 2. The Balaban J connectivity index is 1.79. The van der Waals surface area contributed by atoms with Gasteiger partial charge in [0.1, 0.15) is 11.3 Å². The zero-order valence-electron chi connectivity index (χ0n) is 11.6. The van der Waals surface area contributed by atoms with Gasteiger partial charge in [-0.2, -0.15) is 13.2 Å². The molecule has 114 valence electrons. The van der Waals surface area contributed by atoms with Gasteiger partial charge in [-0.3, -0.25) is 0 Å². The van der Waals surface area contributed by atoms with Crippen molar-refractivity contribution in [3.8, 4) is 0 Å². The first-order valence-electron chi connectivity index (χ1n) is 7.26. The maximum absolute atomic E-state index is 12.9. The Bertz CT molecular complexity index is 586. The smallest absolute Gasteiger partial charge is 0.391 e. The van der Waals surface area contributed by atoms with Crippen LogP contribution < -0.4 is 5.73 Å². The molecule has 0 amide bonds. The number of rotatable bonds is 2. The molecule has 0 saturated heterocycles. The lowest BCUT2D eigenvalue weighted by atomic mass is 9.77. The third kappa shape index (κ3) is 2.93. The van der Waals surface area contributed by atoms with E-state index < -0.39 is 18.1 Å². The lowest BCUT2D eigenvalue weighted by Gasteiger charge is -2.33. The summed E-state index contributed by atoms with van der Waals surface area (Å²) >= 11 is 0. The summed E-state index contributed by atoms with van der Waals surface area (Å²) in [5.74, 6) is -0.818.